The molecule has 0 amide bonds. The van der Waals surface area contributed by atoms with Crippen molar-refractivity contribution in [1.82, 2.24) is 0 Å². The number of benzene rings is 1. The van der Waals surface area contributed by atoms with Crippen molar-refractivity contribution in [1.29, 1.82) is 0 Å². The summed E-state index contributed by atoms with van der Waals surface area (Å²) in [4.78, 5) is 11.7. The van der Waals surface area contributed by atoms with E-state index in [1.54, 1.807) is 12.1 Å². The minimum atomic E-state index is -0.968. The van der Waals surface area contributed by atoms with Gasteiger partial charge >= 0.3 is 5.97 Å². The second kappa shape index (κ2) is 4.56. The van der Waals surface area contributed by atoms with Gasteiger partial charge in [-0.2, -0.15) is 0 Å². The van der Waals surface area contributed by atoms with Crippen molar-refractivity contribution in [3.8, 4) is 0 Å². The summed E-state index contributed by atoms with van der Waals surface area (Å²) in [7, 11) is 0. The van der Waals surface area contributed by atoms with Crippen molar-refractivity contribution in [2.24, 2.45) is 5.41 Å². The van der Waals surface area contributed by atoms with Crippen LogP contribution in [-0.4, -0.2) is 23.3 Å². The Morgan fingerprint density at radius 3 is 2.89 bits per heavy atom. The number of hydrogen-bond donors (Lipinski definition) is 1. The minimum absolute atomic E-state index is 0.0244. The van der Waals surface area contributed by atoms with E-state index in [2.05, 4.69) is 15.9 Å². The zero-order chi connectivity index (χ0) is 13.6. The molecule has 0 aliphatic carbocycles. The fourth-order valence-corrected chi connectivity index (χ4v) is 3.71. The first-order valence-corrected chi connectivity index (χ1v) is 7.13. The number of fused-ring (bicyclic) bond motifs is 2. The number of hydrogen-bond acceptors (Lipinski definition) is 2. The van der Waals surface area contributed by atoms with Gasteiger partial charge in [-0.1, -0.05) is 15.9 Å². The first kappa shape index (κ1) is 13.1. The Kier molecular flexibility index (Phi) is 3.14. The summed E-state index contributed by atoms with van der Waals surface area (Å²) in [6, 6.07) is 4.64. The Hall–Kier alpha value is -0.940. The highest BCUT2D eigenvalue weighted by Gasteiger charge is 2.57. The summed E-state index contributed by atoms with van der Waals surface area (Å²) >= 11 is 3.30. The second-order valence-electron chi connectivity index (χ2n) is 5.40. The fourth-order valence-electron chi connectivity index (χ4n) is 3.31. The summed E-state index contributed by atoms with van der Waals surface area (Å²) in [6.07, 6.45) is 2.09. The number of carbonyl (C=O) groups is 1. The maximum Gasteiger partial charge on any atom is 0.312 e. The van der Waals surface area contributed by atoms with Crippen LogP contribution in [0.25, 0.3) is 0 Å². The van der Waals surface area contributed by atoms with E-state index in [1.165, 1.54) is 6.07 Å². The van der Waals surface area contributed by atoms with Crippen molar-refractivity contribution in [3.63, 3.8) is 0 Å². The van der Waals surface area contributed by atoms with E-state index in [0.29, 0.717) is 12.0 Å². The maximum atomic E-state index is 13.8. The molecule has 102 valence electrons. The zero-order valence-electron chi connectivity index (χ0n) is 10.2. The lowest BCUT2D eigenvalue weighted by Gasteiger charge is -2.31. The van der Waals surface area contributed by atoms with Crippen LogP contribution in [0.3, 0.4) is 0 Å². The van der Waals surface area contributed by atoms with Gasteiger partial charge in [0, 0.05) is 4.47 Å². The van der Waals surface area contributed by atoms with Crippen LogP contribution in [0.4, 0.5) is 4.39 Å². The molecule has 2 aliphatic heterocycles. The lowest BCUT2D eigenvalue weighted by Crippen LogP contribution is -2.42. The largest absolute Gasteiger partial charge is 0.481 e. The van der Waals surface area contributed by atoms with E-state index in [4.69, 9.17) is 4.74 Å². The van der Waals surface area contributed by atoms with Crippen molar-refractivity contribution in [3.05, 3.63) is 34.1 Å². The zero-order valence-corrected chi connectivity index (χ0v) is 11.8. The molecule has 2 fully saturated rings. The molecule has 0 saturated carbocycles. The van der Waals surface area contributed by atoms with Crippen LogP contribution in [0.5, 0.6) is 0 Å². The first-order chi connectivity index (χ1) is 9.01. The Morgan fingerprint density at radius 2 is 2.32 bits per heavy atom. The molecule has 3 unspecified atom stereocenters. The minimum Gasteiger partial charge on any atom is -0.481 e. The van der Waals surface area contributed by atoms with Gasteiger partial charge in [0.05, 0.1) is 12.2 Å². The lowest BCUT2D eigenvalue weighted by molar-refractivity contribution is -0.152. The van der Waals surface area contributed by atoms with Gasteiger partial charge in [0.25, 0.3) is 0 Å². The number of ether oxygens (including phenoxy) is 1. The maximum absolute atomic E-state index is 13.8. The Balaban J connectivity index is 1.95. The predicted molar refractivity (Wildman–Crippen MR) is 70.4 cm³/mol. The molecule has 0 aromatic heterocycles. The van der Waals surface area contributed by atoms with Crippen molar-refractivity contribution < 1.29 is 19.0 Å². The summed E-state index contributed by atoms with van der Waals surface area (Å²) in [5, 5.41) is 9.59. The first-order valence-electron chi connectivity index (χ1n) is 6.34. The quantitative estimate of drug-likeness (QED) is 0.927. The van der Waals surface area contributed by atoms with Crippen molar-refractivity contribution in [2.75, 3.05) is 0 Å². The van der Waals surface area contributed by atoms with Crippen LogP contribution in [0.1, 0.15) is 24.8 Å². The number of aliphatic carboxylic acids is 1. The van der Waals surface area contributed by atoms with Crippen molar-refractivity contribution in [2.45, 2.75) is 37.9 Å². The van der Waals surface area contributed by atoms with Gasteiger partial charge in [-0.3, -0.25) is 4.79 Å². The summed E-state index contributed by atoms with van der Waals surface area (Å²) in [5.41, 5.74) is -0.530. The highest BCUT2D eigenvalue weighted by molar-refractivity contribution is 9.10. The van der Waals surface area contributed by atoms with Crippen LogP contribution >= 0.6 is 15.9 Å². The third kappa shape index (κ3) is 2.09. The molecule has 3 atom stereocenters. The van der Waals surface area contributed by atoms with E-state index < -0.39 is 11.4 Å². The van der Waals surface area contributed by atoms with Gasteiger partial charge < -0.3 is 9.84 Å². The standard InChI is InChI=1S/C14H14BrFO3/c15-9-1-3-11(16)8(5-9)6-14(13(17)18)7-10-2-4-12(14)19-10/h1,3,5,10,12H,2,4,6-7H2,(H,17,18). The Morgan fingerprint density at radius 1 is 1.53 bits per heavy atom. The predicted octanol–water partition coefficient (Wildman–Crippen LogP) is 3.15. The molecule has 19 heavy (non-hydrogen) atoms. The smallest absolute Gasteiger partial charge is 0.312 e. The van der Waals surface area contributed by atoms with Crippen LogP contribution < -0.4 is 0 Å². The van der Waals surface area contributed by atoms with Crippen LogP contribution in [0.2, 0.25) is 0 Å². The number of halogens is 2. The molecular weight excluding hydrogens is 315 g/mol. The molecule has 5 heteroatoms. The van der Waals surface area contributed by atoms with Crippen LogP contribution in [-0.2, 0) is 16.0 Å². The average molecular weight is 329 g/mol. The molecule has 0 spiro atoms. The van der Waals surface area contributed by atoms with Crippen molar-refractivity contribution >= 4 is 21.9 Å². The Bertz CT molecular complexity index is 533. The third-order valence-electron chi connectivity index (χ3n) is 4.26. The molecule has 1 aromatic rings. The molecule has 1 aromatic carbocycles. The van der Waals surface area contributed by atoms with Gasteiger partial charge in [0.15, 0.2) is 0 Å². The number of carboxylic acids is 1. The SMILES string of the molecule is O=C(O)C1(Cc2cc(Br)ccc2F)CC2CCC1O2. The van der Waals surface area contributed by atoms with E-state index >= 15 is 0 Å². The summed E-state index contributed by atoms with van der Waals surface area (Å²) in [5.74, 6) is -1.23. The van der Waals surface area contributed by atoms with Crippen LogP contribution in [0.15, 0.2) is 22.7 Å². The molecule has 3 nitrogen and oxygen atoms in total. The van der Waals surface area contributed by atoms with E-state index in [1.807, 2.05) is 0 Å². The number of rotatable bonds is 3. The molecule has 1 N–H and O–H groups in total. The van der Waals surface area contributed by atoms with Gasteiger partial charge in [0.2, 0.25) is 0 Å². The highest BCUT2D eigenvalue weighted by atomic mass is 79.9. The van der Waals surface area contributed by atoms with Crippen LogP contribution in [0, 0.1) is 11.2 Å². The van der Waals surface area contributed by atoms with Gasteiger partial charge in [-0.05, 0) is 49.4 Å². The molecular formula is C14H14BrFO3. The van der Waals surface area contributed by atoms with E-state index in [9.17, 15) is 14.3 Å². The number of carboxylic acid groups (broad SMARTS) is 1. The van der Waals surface area contributed by atoms with Gasteiger partial charge in [-0.15, -0.1) is 0 Å². The van der Waals surface area contributed by atoms with Gasteiger partial charge in [0.1, 0.15) is 11.2 Å². The molecule has 2 heterocycles. The normalized spacial score (nSPS) is 32.7. The topological polar surface area (TPSA) is 46.5 Å². The summed E-state index contributed by atoms with van der Waals surface area (Å²) in [6.45, 7) is 0. The Labute approximate surface area is 118 Å². The monoisotopic (exact) mass is 328 g/mol. The fraction of sp³-hybridized carbons (Fsp3) is 0.500. The molecule has 0 radical (unpaired) electrons. The highest BCUT2D eigenvalue weighted by Crippen LogP contribution is 2.50. The average Bonchev–Trinajstić information content (AvgIpc) is 2.94. The molecule has 3 rings (SSSR count). The van der Waals surface area contributed by atoms with E-state index in [0.717, 1.165) is 17.3 Å². The molecule has 2 bridgehead atoms. The third-order valence-corrected chi connectivity index (χ3v) is 4.75. The second-order valence-corrected chi connectivity index (χ2v) is 6.32. The summed E-state index contributed by atoms with van der Waals surface area (Å²) < 4.78 is 20.3. The van der Waals surface area contributed by atoms with Gasteiger partial charge in [-0.25, -0.2) is 4.39 Å². The molecule has 2 aliphatic rings. The lowest BCUT2D eigenvalue weighted by atomic mass is 9.70. The molecule has 2 saturated heterocycles. The van der Waals surface area contributed by atoms with E-state index in [-0.39, 0.29) is 24.4 Å².